The topological polar surface area (TPSA) is 33.0 Å². The number of hydrogen-bond donors (Lipinski definition) is 0. The fourth-order valence-electron chi connectivity index (χ4n) is 0.914. The molecule has 0 amide bonds. The summed E-state index contributed by atoms with van der Waals surface area (Å²) in [5.41, 5.74) is 0.946. The van der Waals surface area contributed by atoms with E-state index in [-0.39, 0.29) is 0 Å². The summed E-state index contributed by atoms with van der Waals surface area (Å²) >= 11 is 3.34. The summed E-state index contributed by atoms with van der Waals surface area (Å²) < 4.78 is 6.01. The Hall–Kier alpha value is -1.27. The zero-order valence-electron chi connectivity index (χ0n) is 7.12. The molecule has 0 radical (unpaired) electrons. The Balaban J connectivity index is 3.01. The van der Waals surface area contributed by atoms with Crippen molar-refractivity contribution in [2.45, 2.75) is 0 Å². The highest BCUT2D eigenvalue weighted by Crippen LogP contribution is 2.25. The van der Waals surface area contributed by atoms with Crippen molar-refractivity contribution >= 4 is 22.0 Å². The van der Waals surface area contributed by atoms with Gasteiger partial charge in [0.25, 0.3) is 0 Å². The lowest BCUT2D eigenvalue weighted by Crippen LogP contribution is -1.84. The fourth-order valence-corrected chi connectivity index (χ4v) is 1.32. The first-order valence-corrected chi connectivity index (χ1v) is 4.47. The maximum atomic E-state index is 8.33. The molecule has 0 aliphatic carbocycles. The number of rotatable bonds is 2. The average molecular weight is 238 g/mol. The van der Waals surface area contributed by atoms with Crippen LogP contribution in [0.5, 0.6) is 5.75 Å². The van der Waals surface area contributed by atoms with E-state index in [4.69, 9.17) is 10.00 Å². The van der Waals surface area contributed by atoms with Crippen LogP contribution in [0.2, 0.25) is 0 Å². The summed E-state index contributed by atoms with van der Waals surface area (Å²) in [5, 5.41) is 8.33. The van der Waals surface area contributed by atoms with E-state index in [1.807, 2.05) is 24.3 Å². The van der Waals surface area contributed by atoms with Gasteiger partial charge in [-0.25, -0.2) is 0 Å². The van der Waals surface area contributed by atoms with Gasteiger partial charge in [0, 0.05) is 6.08 Å². The van der Waals surface area contributed by atoms with Crippen LogP contribution in [0.3, 0.4) is 0 Å². The molecule has 0 aliphatic rings. The molecule has 0 aromatic heterocycles. The number of allylic oxidation sites excluding steroid dienone is 1. The molecule has 0 N–H and O–H groups in total. The molecule has 0 atom stereocenters. The van der Waals surface area contributed by atoms with Crippen molar-refractivity contribution < 1.29 is 4.74 Å². The number of benzene rings is 1. The summed E-state index contributed by atoms with van der Waals surface area (Å²) in [7, 11) is 1.61. The summed E-state index contributed by atoms with van der Waals surface area (Å²) in [5.74, 6) is 0.764. The van der Waals surface area contributed by atoms with E-state index in [1.54, 1.807) is 13.2 Å². The van der Waals surface area contributed by atoms with Crippen LogP contribution < -0.4 is 4.74 Å². The molecule has 0 spiro atoms. The van der Waals surface area contributed by atoms with Gasteiger partial charge in [0.05, 0.1) is 17.7 Å². The first-order valence-electron chi connectivity index (χ1n) is 3.67. The van der Waals surface area contributed by atoms with Crippen LogP contribution in [0.1, 0.15) is 5.56 Å². The van der Waals surface area contributed by atoms with E-state index < -0.39 is 0 Å². The largest absolute Gasteiger partial charge is 0.496 e. The number of ether oxygens (including phenoxy) is 1. The third-order valence-electron chi connectivity index (χ3n) is 1.53. The normalized spacial score (nSPS) is 9.92. The molecule has 2 nitrogen and oxygen atoms in total. The Kier molecular flexibility index (Phi) is 3.53. The average Bonchev–Trinajstić information content (AvgIpc) is 2.16. The Bertz CT molecular complexity index is 366. The van der Waals surface area contributed by atoms with Gasteiger partial charge in [-0.15, -0.1) is 0 Å². The quantitative estimate of drug-likeness (QED) is 0.742. The molecular formula is C10H8BrNO. The second kappa shape index (κ2) is 4.68. The number of methoxy groups -OCH3 is 1. The van der Waals surface area contributed by atoms with Crippen molar-refractivity contribution in [3.8, 4) is 11.8 Å². The Labute approximate surface area is 85.6 Å². The first kappa shape index (κ1) is 9.82. The predicted octanol–water partition coefficient (Wildman–Crippen LogP) is 2.99. The lowest BCUT2D eigenvalue weighted by Gasteiger charge is -2.03. The van der Waals surface area contributed by atoms with Crippen LogP contribution in [0, 0.1) is 11.3 Å². The molecular weight excluding hydrogens is 230 g/mol. The van der Waals surface area contributed by atoms with Gasteiger partial charge in [-0.05, 0) is 39.7 Å². The Morgan fingerprint density at radius 2 is 2.31 bits per heavy atom. The van der Waals surface area contributed by atoms with Gasteiger partial charge in [-0.3, -0.25) is 0 Å². The van der Waals surface area contributed by atoms with Crippen molar-refractivity contribution in [2.75, 3.05) is 7.11 Å². The smallest absolute Gasteiger partial charge is 0.133 e. The van der Waals surface area contributed by atoms with E-state index in [0.717, 1.165) is 15.8 Å². The summed E-state index contributed by atoms with van der Waals surface area (Å²) in [6, 6.07) is 7.58. The maximum Gasteiger partial charge on any atom is 0.133 e. The molecule has 0 fully saturated rings. The molecule has 1 rings (SSSR count). The molecule has 0 saturated heterocycles. The van der Waals surface area contributed by atoms with Crippen molar-refractivity contribution in [1.29, 1.82) is 5.26 Å². The zero-order chi connectivity index (χ0) is 9.68. The standard InChI is InChI=1S/C10H8BrNO/c1-13-10-7-8(3-2-6-12)4-5-9(10)11/h2-5,7H,1H3. The van der Waals surface area contributed by atoms with Gasteiger partial charge in [-0.2, -0.15) is 5.26 Å². The lowest BCUT2D eigenvalue weighted by molar-refractivity contribution is 0.412. The van der Waals surface area contributed by atoms with E-state index in [9.17, 15) is 0 Å². The molecule has 0 aliphatic heterocycles. The molecule has 0 bridgehead atoms. The number of nitrogens with zero attached hydrogens (tertiary/aromatic N) is 1. The van der Waals surface area contributed by atoms with Crippen molar-refractivity contribution in [1.82, 2.24) is 0 Å². The second-order valence-electron chi connectivity index (χ2n) is 2.36. The van der Waals surface area contributed by atoms with E-state index in [2.05, 4.69) is 15.9 Å². The van der Waals surface area contributed by atoms with Crippen LogP contribution >= 0.6 is 15.9 Å². The highest BCUT2D eigenvalue weighted by Gasteiger charge is 1.98. The fraction of sp³-hybridized carbons (Fsp3) is 0.100. The highest BCUT2D eigenvalue weighted by molar-refractivity contribution is 9.10. The van der Waals surface area contributed by atoms with Gasteiger partial charge in [0.2, 0.25) is 0 Å². The van der Waals surface area contributed by atoms with Gasteiger partial charge in [-0.1, -0.05) is 6.07 Å². The zero-order valence-corrected chi connectivity index (χ0v) is 8.71. The lowest BCUT2D eigenvalue weighted by atomic mass is 10.2. The third kappa shape index (κ3) is 2.60. The van der Waals surface area contributed by atoms with Crippen LogP contribution in [0.25, 0.3) is 6.08 Å². The number of halogens is 1. The minimum absolute atomic E-state index is 0.764. The van der Waals surface area contributed by atoms with Crippen LogP contribution in [-0.2, 0) is 0 Å². The summed E-state index contributed by atoms with van der Waals surface area (Å²) in [6.07, 6.45) is 3.16. The Morgan fingerprint density at radius 1 is 1.54 bits per heavy atom. The minimum atomic E-state index is 0.764. The van der Waals surface area contributed by atoms with Gasteiger partial charge < -0.3 is 4.74 Å². The van der Waals surface area contributed by atoms with Gasteiger partial charge >= 0.3 is 0 Å². The first-order chi connectivity index (χ1) is 6.27. The van der Waals surface area contributed by atoms with Crippen molar-refractivity contribution in [3.63, 3.8) is 0 Å². The highest BCUT2D eigenvalue weighted by atomic mass is 79.9. The van der Waals surface area contributed by atoms with E-state index in [1.165, 1.54) is 6.08 Å². The van der Waals surface area contributed by atoms with E-state index >= 15 is 0 Å². The third-order valence-corrected chi connectivity index (χ3v) is 2.18. The number of hydrogen-bond acceptors (Lipinski definition) is 2. The summed E-state index contributed by atoms with van der Waals surface area (Å²) in [6.45, 7) is 0. The SMILES string of the molecule is COc1cc(C=CC#N)ccc1Br. The van der Waals surface area contributed by atoms with Gasteiger partial charge in [0.1, 0.15) is 5.75 Å². The van der Waals surface area contributed by atoms with Crippen LogP contribution in [0.4, 0.5) is 0 Å². The summed E-state index contributed by atoms with van der Waals surface area (Å²) in [4.78, 5) is 0. The predicted molar refractivity (Wildman–Crippen MR) is 55.3 cm³/mol. The molecule has 0 saturated carbocycles. The molecule has 13 heavy (non-hydrogen) atoms. The minimum Gasteiger partial charge on any atom is -0.496 e. The molecule has 0 heterocycles. The molecule has 0 unspecified atom stereocenters. The molecule has 3 heteroatoms. The molecule has 1 aromatic carbocycles. The Morgan fingerprint density at radius 3 is 2.92 bits per heavy atom. The maximum absolute atomic E-state index is 8.33. The second-order valence-corrected chi connectivity index (χ2v) is 3.21. The van der Waals surface area contributed by atoms with Crippen molar-refractivity contribution in [2.24, 2.45) is 0 Å². The van der Waals surface area contributed by atoms with Crippen LogP contribution in [-0.4, -0.2) is 7.11 Å². The number of nitriles is 1. The van der Waals surface area contributed by atoms with E-state index in [0.29, 0.717) is 0 Å². The van der Waals surface area contributed by atoms with Crippen molar-refractivity contribution in [3.05, 3.63) is 34.3 Å². The molecule has 66 valence electrons. The van der Waals surface area contributed by atoms with Crippen LogP contribution in [0.15, 0.2) is 28.7 Å². The molecule has 1 aromatic rings. The van der Waals surface area contributed by atoms with Gasteiger partial charge in [0.15, 0.2) is 0 Å². The monoisotopic (exact) mass is 237 g/mol.